The third-order valence-corrected chi connectivity index (χ3v) is 3.08. The first-order valence-electron chi connectivity index (χ1n) is 6.12. The summed E-state index contributed by atoms with van der Waals surface area (Å²) in [6.07, 6.45) is 2.88. The minimum absolute atomic E-state index is 0.255. The Morgan fingerprint density at radius 2 is 2.14 bits per heavy atom. The van der Waals surface area contributed by atoms with Gasteiger partial charge in [0.25, 0.3) is 0 Å². The van der Waals surface area contributed by atoms with Gasteiger partial charge in [-0.2, -0.15) is 0 Å². The van der Waals surface area contributed by atoms with Gasteiger partial charge >= 0.3 is 5.97 Å². The Labute approximate surface area is 119 Å². The number of aromatic carboxylic acids is 1. The van der Waals surface area contributed by atoms with Gasteiger partial charge in [0.2, 0.25) is 5.88 Å². The molecule has 1 aromatic carbocycles. The van der Waals surface area contributed by atoms with E-state index in [0.717, 1.165) is 5.52 Å². The van der Waals surface area contributed by atoms with Crippen molar-refractivity contribution in [3.8, 4) is 11.6 Å². The molecule has 106 valence electrons. The number of ether oxygens (including phenoxy) is 1. The molecule has 7 heteroatoms. The van der Waals surface area contributed by atoms with Gasteiger partial charge in [-0.3, -0.25) is 0 Å². The third-order valence-electron chi connectivity index (χ3n) is 3.08. The van der Waals surface area contributed by atoms with Crippen LogP contribution in [0.2, 0.25) is 0 Å². The lowest BCUT2D eigenvalue weighted by Gasteiger charge is -2.05. The van der Waals surface area contributed by atoms with E-state index in [4.69, 9.17) is 15.6 Å². The summed E-state index contributed by atoms with van der Waals surface area (Å²) >= 11 is 0. The number of hydrogen-bond donors (Lipinski definition) is 2. The van der Waals surface area contributed by atoms with E-state index in [2.05, 4.69) is 9.97 Å². The van der Waals surface area contributed by atoms with E-state index < -0.39 is 5.97 Å². The van der Waals surface area contributed by atoms with Crippen molar-refractivity contribution in [2.45, 2.75) is 0 Å². The minimum Gasteiger partial charge on any atom is -0.478 e. The van der Waals surface area contributed by atoms with E-state index in [1.54, 1.807) is 36.0 Å². The number of nitrogens with two attached hydrogens (primary N) is 1. The molecular weight excluding hydrogens is 272 g/mol. The molecule has 0 atom stereocenters. The van der Waals surface area contributed by atoms with Crippen LogP contribution in [-0.4, -0.2) is 25.6 Å². The molecule has 0 unspecified atom stereocenters. The fourth-order valence-corrected chi connectivity index (χ4v) is 2.13. The van der Waals surface area contributed by atoms with Crippen molar-refractivity contribution < 1.29 is 14.6 Å². The number of benzene rings is 1. The second-order valence-electron chi connectivity index (χ2n) is 4.52. The molecule has 0 fully saturated rings. The molecule has 3 aromatic rings. The van der Waals surface area contributed by atoms with E-state index in [1.807, 2.05) is 0 Å². The number of aryl methyl sites for hydroxylation is 1. The number of nitrogen functional groups attached to an aromatic ring is 1. The number of nitrogens with zero attached hydrogens (tertiary/aromatic N) is 3. The second kappa shape index (κ2) is 4.78. The number of fused-ring (bicyclic) bond motifs is 1. The number of aromatic nitrogens is 3. The standard InChI is InChI=1S/C14H12N4O3/c1-18-6-10(14(19)20)9-3-2-8(4-11(9)18)21-13-5-12(15)16-7-17-13/h2-7H,1H3,(H,19,20)(H2,15,16,17). The van der Waals surface area contributed by atoms with Crippen LogP contribution in [-0.2, 0) is 7.05 Å². The molecule has 0 amide bonds. The fourth-order valence-electron chi connectivity index (χ4n) is 2.13. The van der Waals surface area contributed by atoms with Gasteiger partial charge in [0.15, 0.2) is 0 Å². The summed E-state index contributed by atoms with van der Waals surface area (Å²) in [6.45, 7) is 0. The quantitative estimate of drug-likeness (QED) is 0.762. The lowest BCUT2D eigenvalue weighted by Crippen LogP contribution is -1.94. The van der Waals surface area contributed by atoms with Crippen LogP contribution in [0.5, 0.6) is 11.6 Å². The van der Waals surface area contributed by atoms with E-state index in [9.17, 15) is 4.79 Å². The van der Waals surface area contributed by atoms with Crippen LogP contribution in [0.3, 0.4) is 0 Å². The second-order valence-corrected chi connectivity index (χ2v) is 4.52. The Hall–Kier alpha value is -3.09. The van der Waals surface area contributed by atoms with E-state index >= 15 is 0 Å². The molecular formula is C14H12N4O3. The van der Waals surface area contributed by atoms with Gasteiger partial charge in [0.05, 0.1) is 11.1 Å². The van der Waals surface area contributed by atoms with Crippen LogP contribution in [0, 0.1) is 0 Å². The largest absolute Gasteiger partial charge is 0.478 e. The average molecular weight is 284 g/mol. The fraction of sp³-hybridized carbons (Fsp3) is 0.0714. The first kappa shape index (κ1) is 12.9. The predicted molar refractivity (Wildman–Crippen MR) is 76.4 cm³/mol. The topological polar surface area (TPSA) is 103 Å². The first-order chi connectivity index (χ1) is 10.0. The zero-order valence-electron chi connectivity index (χ0n) is 11.1. The molecule has 0 aliphatic carbocycles. The Morgan fingerprint density at radius 1 is 1.33 bits per heavy atom. The van der Waals surface area contributed by atoms with Gasteiger partial charge in [0, 0.05) is 30.8 Å². The van der Waals surface area contributed by atoms with Crippen molar-refractivity contribution in [1.29, 1.82) is 0 Å². The number of anilines is 1. The average Bonchev–Trinajstić information content (AvgIpc) is 2.76. The van der Waals surface area contributed by atoms with Crippen molar-refractivity contribution in [2.75, 3.05) is 5.73 Å². The van der Waals surface area contributed by atoms with Crippen molar-refractivity contribution in [2.24, 2.45) is 7.05 Å². The van der Waals surface area contributed by atoms with Crippen LogP contribution >= 0.6 is 0 Å². The van der Waals surface area contributed by atoms with Gasteiger partial charge in [0.1, 0.15) is 17.9 Å². The van der Waals surface area contributed by atoms with Gasteiger partial charge in [-0.25, -0.2) is 14.8 Å². The summed E-state index contributed by atoms with van der Waals surface area (Å²) in [5.41, 5.74) is 6.57. The number of hydrogen-bond acceptors (Lipinski definition) is 5. The Bertz CT molecular complexity index is 841. The number of rotatable bonds is 3. The van der Waals surface area contributed by atoms with E-state index in [-0.39, 0.29) is 5.56 Å². The molecule has 0 saturated heterocycles. The predicted octanol–water partition coefficient (Wildman–Crippen LogP) is 2.04. The summed E-state index contributed by atoms with van der Waals surface area (Å²) in [5, 5.41) is 9.81. The highest BCUT2D eigenvalue weighted by molar-refractivity contribution is 6.03. The van der Waals surface area contributed by atoms with Crippen molar-refractivity contribution in [3.05, 3.63) is 42.4 Å². The Balaban J connectivity index is 2.02. The van der Waals surface area contributed by atoms with Gasteiger partial charge < -0.3 is 20.1 Å². The zero-order chi connectivity index (χ0) is 15.0. The molecule has 7 nitrogen and oxygen atoms in total. The van der Waals surface area contributed by atoms with Gasteiger partial charge in [-0.05, 0) is 12.1 Å². The van der Waals surface area contributed by atoms with Crippen LogP contribution in [0.4, 0.5) is 5.82 Å². The maximum absolute atomic E-state index is 11.2. The summed E-state index contributed by atoms with van der Waals surface area (Å²) < 4.78 is 7.34. The van der Waals surface area contributed by atoms with Crippen LogP contribution in [0.15, 0.2) is 36.8 Å². The molecule has 0 aliphatic rings. The lowest BCUT2D eigenvalue weighted by atomic mass is 10.2. The highest BCUT2D eigenvalue weighted by Crippen LogP contribution is 2.27. The summed E-state index contributed by atoms with van der Waals surface area (Å²) in [7, 11) is 1.78. The number of carbonyl (C=O) groups is 1. The van der Waals surface area contributed by atoms with E-state index in [1.165, 1.54) is 12.4 Å². The maximum Gasteiger partial charge on any atom is 0.337 e. The van der Waals surface area contributed by atoms with Crippen LogP contribution in [0.1, 0.15) is 10.4 Å². The normalized spacial score (nSPS) is 10.7. The van der Waals surface area contributed by atoms with Crippen LogP contribution in [0.25, 0.3) is 10.9 Å². The molecule has 2 heterocycles. The molecule has 3 rings (SSSR count). The highest BCUT2D eigenvalue weighted by atomic mass is 16.5. The van der Waals surface area contributed by atoms with E-state index in [0.29, 0.717) is 22.8 Å². The molecule has 0 saturated carbocycles. The SMILES string of the molecule is Cn1cc(C(=O)O)c2ccc(Oc3cc(N)ncn3)cc21. The molecule has 0 spiro atoms. The van der Waals surface area contributed by atoms with Gasteiger partial charge in [-0.1, -0.05) is 0 Å². The minimum atomic E-state index is -0.960. The zero-order valence-corrected chi connectivity index (χ0v) is 11.1. The van der Waals surface area contributed by atoms with Crippen LogP contribution < -0.4 is 10.5 Å². The van der Waals surface area contributed by atoms with Crippen molar-refractivity contribution >= 4 is 22.7 Å². The summed E-state index contributed by atoms with van der Waals surface area (Å²) in [4.78, 5) is 18.9. The summed E-state index contributed by atoms with van der Waals surface area (Å²) in [5.74, 6) is 0.221. The lowest BCUT2D eigenvalue weighted by molar-refractivity contribution is 0.0699. The Morgan fingerprint density at radius 3 is 2.86 bits per heavy atom. The molecule has 0 bridgehead atoms. The smallest absolute Gasteiger partial charge is 0.337 e. The molecule has 0 aliphatic heterocycles. The number of carboxylic acids is 1. The molecule has 2 aromatic heterocycles. The first-order valence-corrected chi connectivity index (χ1v) is 6.12. The van der Waals surface area contributed by atoms with Crippen molar-refractivity contribution in [3.63, 3.8) is 0 Å². The maximum atomic E-state index is 11.2. The number of carboxylic acid groups (broad SMARTS) is 1. The molecule has 3 N–H and O–H groups in total. The molecule has 21 heavy (non-hydrogen) atoms. The van der Waals surface area contributed by atoms with Gasteiger partial charge in [-0.15, -0.1) is 0 Å². The third kappa shape index (κ3) is 2.36. The highest BCUT2D eigenvalue weighted by Gasteiger charge is 2.13. The summed E-state index contributed by atoms with van der Waals surface area (Å²) in [6, 6.07) is 6.66. The van der Waals surface area contributed by atoms with Crippen molar-refractivity contribution in [1.82, 2.24) is 14.5 Å². The monoisotopic (exact) mass is 284 g/mol. The molecule has 0 radical (unpaired) electrons. The Kier molecular flexibility index (Phi) is 2.94.